The summed E-state index contributed by atoms with van der Waals surface area (Å²) in [7, 11) is 1.78. The smallest absolute Gasteiger partial charge is 0.245 e. The summed E-state index contributed by atoms with van der Waals surface area (Å²) in [5.41, 5.74) is 9.11. The number of anilines is 1. The monoisotopic (exact) mass is 860 g/mol. The number of pyridine rings is 2. The minimum atomic E-state index is -0.434. The first-order valence-corrected chi connectivity index (χ1v) is 23.0. The highest BCUT2D eigenvalue weighted by molar-refractivity contribution is 5.94. The van der Waals surface area contributed by atoms with E-state index >= 15 is 0 Å². The first-order valence-electron chi connectivity index (χ1n) is 23.0. The van der Waals surface area contributed by atoms with E-state index in [0.29, 0.717) is 51.4 Å². The third kappa shape index (κ3) is 11.1. The van der Waals surface area contributed by atoms with Crippen molar-refractivity contribution in [3.8, 4) is 17.4 Å². The van der Waals surface area contributed by atoms with Crippen molar-refractivity contribution in [3.63, 3.8) is 0 Å². The second kappa shape index (κ2) is 21.4. The van der Waals surface area contributed by atoms with Crippen LogP contribution in [0.1, 0.15) is 57.4 Å². The van der Waals surface area contributed by atoms with E-state index < -0.39 is 6.04 Å². The van der Waals surface area contributed by atoms with Crippen LogP contribution in [0.2, 0.25) is 0 Å². The number of carbonyl (C=O) groups is 2. The van der Waals surface area contributed by atoms with Gasteiger partial charge in [-0.3, -0.25) is 14.2 Å². The van der Waals surface area contributed by atoms with Gasteiger partial charge < -0.3 is 45.1 Å². The Morgan fingerprint density at radius 1 is 0.841 bits per heavy atom. The zero-order chi connectivity index (χ0) is 43.5. The lowest BCUT2D eigenvalue weighted by atomic mass is 9.83. The van der Waals surface area contributed by atoms with Gasteiger partial charge in [0.2, 0.25) is 17.7 Å². The van der Waals surface area contributed by atoms with Crippen LogP contribution >= 0.6 is 0 Å². The van der Waals surface area contributed by atoms with E-state index in [-0.39, 0.29) is 29.8 Å². The molecule has 3 fully saturated rings. The number of hydrogen-bond acceptors (Lipinski definition) is 11. The van der Waals surface area contributed by atoms with Crippen molar-refractivity contribution in [1.82, 2.24) is 35.0 Å². The number of hydrogen-bond donors (Lipinski definition) is 3. The fourth-order valence-electron chi connectivity index (χ4n) is 9.51. The molecule has 2 amide bonds. The highest BCUT2D eigenvalue weighted by atomic mass is 16.6. The van der Waals surface area contributed by atoms with Gasteiger partial charge in [-0.15, -0.1) is 0 Å². The Bertz CT molecular complexity index is 2280. The number of fused-ring (bicyclic) bond motifs is 3. The van der Waals surface area contributed by atoms with Gasteiger partial charge in [-0.2, -0.15) is 0 Å². The molecule has 4 atom stereocenters. The van der Waals surface area contributed by atoms with Crippen LogP contribution < -0.4 is 25.8 Å². The molecule has 0 bridgehead atoms. The van der Waals surface area contributed by atoms with Gasteiger partial charge >= 0.3 is 0 Å². The molecular weight excluding hydrogens is 797 g/mol. The van der Waals surface area contributed by atoms with Crippen LogP contribution in [0.3, 0.4) is 0 Å². The molecule has 1 unspecified atom stereocenters. The van der Waals surface area contributed by atoms with E-state index in [1.54, 1.807) is 13.2 Å². The molecule has 14 heteroatoms. The Morgan fingerprint density at radius 2 is 1.60 bits per heavy atom. The lowest BCUT2D eigenvalue weighted by Gasteiger charge is -2.41. The van der Waals surface area contributed by atoms with Crippen molar-refractivity contribution in [2.75, 3.05) is 78.6 Å². The van der Waals surface area contributed by atoms with E-state index in [1.165, 1.54) is 12.0 Å². The minimum absolute atomic E-state index is 0.0903. The highest BCUT2D eigenvalue weighted by Gasteiger charge is 2.44. The van der Waals surface area contributed by atoms with Gasteiger partial charge in [-0.1, -0.05) is 43.5 Å². The Balaban J connectivity index is 0.697. The summed E-state index contributed by atoms with van der Waals surface area (Å²) in [6, 6.07) is 19.5. The Morgan fingerprint density at radius 3 is 2.40 bits per heavy atom. The topological polar surface area (TPSA) is 158 Å². The van der Waals surface area contributed by atoms with Gasteiger partial charge in [-0.25, -0.2) is 9.97 Å². The molecule has 0 radical (unpaired) electrons. The molecule has 2 aromatic carbocycles. The summed E-state index contributed by atoms with van der Waals surface area (Å²) >= 11 is 0. The van der Waals surface area contributed by atoms with Crippen LogP contribution in [0, 0.1) is 11.8 Å². The maximum absolute atomic E-state index is 14.2. The molecule has 5 aromatic rings. The number of benzene rings is 2. The second-order valence-electron chi connectivity index (χ2n) is 17.3. The molecule has 4 N–H and O–H groups in total. The summed E-state index contributed by atoms with van der Waals surface area (Å²) in [5, 5.41) is 9.17. The Hall–Kier alpha value is -5.28. The summed E-state index contributed by atoms with van der Waals surface area (Å²) in [4.78, 5) is 40.9. The number of likely N-dealkylation sites (N-methyl/N-ethyl adjacent to an activating group) is 1. The van der Waals surface area contributed by atoms with E-state index in [9.17, 15) is 9.59 Å². The third-order valence-corrected chi connectivity index (χ3v) is 13.3. The van der Waals surface area contributed by atoms with Crippen LogP contribution in [0.4, 0.5) is 5.69 Å². The van der Waals surface area contributed by atoms with Crippen LogP contribution in [0.15, 0.2) is 79.3 Å². The highest BCUT2D eigenvalue weighted by Crippen LogP contribution is 2.35. The van der Waals surface area contributed by atoms with E-state index in [1.807, 2.05) is 72.4 Å². The number of aromatic nitrogens is 3. The molecule has 14 nitrogen and oxygen atoms in total. The average molecular weight is 861 g/mol. The van der Waals surface area contributed by atoms with Gasteiger partial charge in [-0.05, 0) is 100 Å². The molecular formula is C49H64N8O6. The van der Waals surface area contributed by atoms with Crippen molar-refractivity contribution >= 4 is 39.2 Å². The number of nitrogens with one attached hydrogen (secondary N) is 2. The number of carbonyl (C=O) groups excluding carboxylic acids is 2. The molecule has 1 aliphatic carbocycles. The molecule has 2 saturated heterocycles. The van der Waals surface area contributed by atoms with Crippen LogP contribution in [0.5, 0.6) is 11.6 Å². The predicted octanol–water partition coefficient (Wildman–Crippen LogP) is 5.79. The normalized spacial score (nSPS) is 19.2. The number of nitrogens with two attached hydrogens (primary N) is 1. The number of rotatable bonds is 20. The fraction of sp³-hybridized carbons (Fsp3) is 0.510. The van der Waals surface area contributed by atoms with Crippen LogP contribution in [-0.2, 0) is 25.5 Å². The van der Waals surface area contributed by atoms with Crippen molar-refractivity contribution in [1.29, 1.82) is 0 Å². The standard InChI is InChI=1S/C49H64N8O6/c1-34(51-2)48(58)54-47(37-7-4-3-5-8-37)49(59)57-22-17-36-16-20-55(33-44(36)57)19-15-35-11-13-40(14-12-35)62-27-25-60-23-24-61-26-28-63-46-29-38-18-21-56(43(38)32-53-46)45-30-41-39(31-52-45)9-6-10-42(41)50/h6,9-14,18,21,29-32,34,36-37,44,47,51H,3-5,7-8,15-17,19-20,22-28,33,50H2,1-2H3,(H,54,58)/t34?,36-,44-,47+/m1/s1. The molecule has 63 heavy (non-hydrogen) atoms. The Kier molecular flexibility index (Phi) is 15.1. The molecule has 1 saturated carbocycles. The van der Waals surface area contributed by atoms with Crippen molar-refractivity contribution in [2.45, 2.75) is 76.4 Å². The SMILES string of the molecule is CNC(C)C(=O)N[C@H](C(=O)N1CC[C@H]2CCN(CCc3ccc(OCCOCCOCCOc4cc5ccn(-c6cc7c(N)cccc7cn6)c5cn4)cc3)C[C@H]21)C1CCCCC1. The molecule has 0 spiro atoms. The molecule has 336 valence electrons. The largest absolute Gasteiger partial charge is 0.491 e. The van der Waals surface area contributed by atoms with Crippen molar-refractivity contribution in [2.24, 2.45) is 11.8 Å². The lowest BCUT2D eigenvalue weighted by molar-refractivity contribution is -0.140. The zero-order valence-corrected chi connectivity index (χ0v) is 36.9. The summed E-state index contributed by atoms with van der Waals surface area (Å²) in [6.45, 7) is 8.17. The van der Waals surface area contributed by atoms with Gasteiger partial charge in [0.1, 0.15) is 30.8 Å². The number of nitrogen functional groups attached to an aromatic ring is 1. The molecule has 8 rings (SSSR count). The number of piperidine rings is 1. The van der Waals surface area contributed by atoms with E-state index in [4.69, 9.17) is 24.7 Å². The quantitative estimate of drug-likeness (QED) is 0.0644. The maximum atomic E-state index is 14.2. The molecule has 2 aliphatic heterocycles. The number of amides is 2. The first-order chi connectivity index (χ1) is 30.8. The third-order valence-electron chi connectivity index (χ3n) is 13.3. The fourth-order valence-corrected chi connectivity index (χ4v) is 9.51. The first kappa shape index (κ1) is 44.3. The van der Waals surface area contributed by atoms with Crippen molar-refractivity contribution in [3.05, 3.63) is 84.8 Å². The van der Waals surface area contributed by atoms with Gasteiger partial charge in [0.15, 0.2) is 0 Å². The van der Waals surface area contributed by atoms with E-state index in [2.05, 4.69) is 42.5 Å². The summed E-state index contributed by atoms with van der Waals surface area (Å²) in [6.07, 6.45) is 14.2. The van der Waals surface area contributed by atoms with Crippen LogP contribution in [0.25, 0.3) is 27.5 Å². The van der Waals surface area contributed by atoms with E-state index in [0.717, 1.165) is 110 Å². The molecule has 5 heterocycles. The number of nitrogens with zero attached hydrogens (tertiary/aromatic N) is 5. The van der Waals surface area contributed by atoms with Crippen molar-refractivity contribution < 1.29 is 28.5 Å². The van der Waals surface area contributed by atoms with Gasteiger partial charge in [0.05, 0.1) is 44.2 Å². The van der Waals surface area contributed by atoms with Gasteiger partial charge in [0, 0.05) is 66.0 Å². The second-order valence-corrected chi connectivity index (χ2v) is 17.3. The maximum Gasteiger partial charge on any atom is 0.245 e. The molecule has 3 aliphatic rings. The van der Waals surface area contributed by atoms with Gasteiger partial charge in [0.25, 0.3) is 0 Å². The predicted molar refractivity (Wildman–Crippen MR) is 245 cm³/mol. The average Bonchev–Trinajstić information content (AvgIpc) is 3.95. The minimum Gasteiger partial charge on any atom is -0.491 e. The summed E-state index contributed by atoms with van der Waals surface area (Å²) in [5.74, 6) is 2.91. The number of ether oxygens (including phenoxy) is 4. The number of likely N-dealkylation sites (tertiary alicyclic amines) is 2. The van der Waals surface area contributed by atoms with Crippen LogP contribution in [-0.4, -0.2) is 127 Å². The summed E-state index contributed by atoms with van der Waals surface area (Å²) < 4.78 is 25.2. The Labute approximate surface area is 370 Å². The lowest BCUT2D eigenvalue weighted by Crippen LogP contribution is -2.58. The zero-order valence-electron chi connectivity index (χ0n) is 36.9. The molecule has 3 aromatic heterocycles.